The van der Waals surface area contributed by atoms with E-state index in [0.717, 1.165) is 42.7 Å². The second kappa shape index (κ2) is 8.34. The zero-order valence-electron chi connectivity index (χ0n) is 15.2. The van der Waals surface area contributed by atoms with Crippen molar-refractivity contribution in [2.75, 3.05) is 32.1 Å². The van der Waals surface area contributed by atoms with Crippen LogP contribution in [0.4, 0.5) is 0 Å². The van der Waals surface area contributed by atoms with Crippen LogP contribution in [0.15, 0.2) is 33.7 Å². The normalized spacial score (nSPS) is 20.0. The van der Waals surface area contributed by atoms with Crippen molar-refractivity contribution in [3.63, 3.8) is 0 Å². The fourth-order valence-electron chi connectivity index (χ4n) is 3.43. The summed E-state index contributed by atoms with van der Waals surface area (Å²) in [5.41, 5.74) is 1.40. The lowest BCUT2D eigenvalue weighted by Gasteiger charge is -2.22. The number of nitrogens with one attached hydrogen (secondary N) is 2. The molecular formula is C18H27BrIN3O2S. The van der Waals surface area contributed by atoms with Crippen LogP contribution in [0, 0.1) is 5.41 Å². The Hall–Kier alpha value is -0.350. The second-order valence-electron chi connectivity index (χ2n) is 7.61. The Morgan fingerprint density at radius 1 is 1.15 bits per heavy atom. The van der Waals surface area contributed by atoms with Crippen LogP contribution in [-0.4, -0.2) is 46.5 Å². The van der Waals surface area contributed by atoms with E-state index in [1.165, 1.54) is 11.8 Å². The summed E-state index contributed by atoms with van der Waals surface area (Å²) < 4.78 is 24.3. The highest BCUT2D eigenvalue weighted by molar-refractivity contribution is 14.0. The van der Waals surface area contributed by atoms with Crippen molar-refractivity contribution in [1.82, 2.24) is 10.6 Å². The van der Waals surface area contributed by atoms with Gasteiger partial charge in [0, 0.05) is 41.7 Å². The Bertz CT molecular complexity index is 774. The molecule has 0 saturated heterocycles. The quantitative estimate of drug-likeness (QED) is 0.308. The lowest BCUT2D eigenvalue weighted by Crippen LogP contribution is -2.44. The minimum Gasteiger partial charge on any atom is -0.356 e. The highest BCUT2D eigenvalue weighted by atomic mass is 127. The van der Waals surface area contributed by atoms with Gasteiger partial charge in [0.05, 0.1) is 5.75 Å². The van der Waals surface area contributed by atoms with Gasteiger partial charge in [-0.1, -0.05) is 34.1 Å². The second-order valence-corrected chi connectivity index (χ2v) is 10.6. The smallest absolute Gasteiger partial charge is 0.191 e. The van der Waals surface area contributed by atoms with E-state index in [0.29, 0.717) is 6.54 Å². The number of rotatable bonds is 7. The third kappa shape index (κ3) is 5.58. The van der Waals surface area contributed by atoms with E-state index in [9.17, 15) is 8.42 Å². The predicted molar refractivity (Wildman–Crippen MR) is 121 cm³/mol. The molecular weight excluding hydrogens is 529 g/mol. The molecule has 0 unspecified atom stereocenters. The molecule has 0 spiro atoms. The number of nitrogens with zero attached hydrogens (tertiary/aromatic N) is 1. The van der Waals surface area contributed by atoms with Gasteiger partial charge in [0.2, 0.25) is 0 Å². The van der Waals surface area contributed by atoms with Crippen LogP contribution >= 0.6 is 39.9 Å². The molecule has 5 nitrogen and oxygen atoms in total. The maximum Gasteiger partial charge on any atom is 0.191 e. The van der Waals surface area contributed by atoms with E-state index in [1.54, 1.807) is 7.05 Å². The summed E-state index contributed by atoms with van der Waals surface area (Å²) in [5.74, 6) is 1.00. The van der Waals surface area contributed by atoms with Crippen molar-refractivity contribution in [3.05, 3.63) is 34.3 Å². The van der Waals surface area contributed by atoms with Crippen molar-refractivity contribution in [2.24, 2.45) is 10.4 Å². The molecule has 0 radical (unpaired) electrons. The van der Waals surface area contributed by atoms with Crippen molar-refractivity contribution in [3.8, 4) is 0 Å². The minimum atomic E-state index is -2.95. The molecule has 26 heavy (non-hydrogen) atoms. The molecule has 0 aromatic heterocycles. The zero-order valence-corrected chi connectivity index (χ0v) is 20.0. The molecule has 1 aromatic rings. The van der Waals surface area contributed by atoms with Crippen LogP contribution < -0.4 is 10.6 Å². The Kier molecular flexibility index (Phi) is 7.04. The van der Waals surface area contributed by atoms with Crippen molar-refractivity contribution in [1.29, 1.82) is 0 Å². The lowest BCUT2D eigenvalue weighted by molar-refractivity contribution is 0.527. The molecule has 2 saturated carbocycles. The van der Waals surface area contributed by atoms with Crippen molar-refractivity contribution in [2.45, 2.75) is 31.1 Å². The maximum absolute atomic E-state index is 11.6. The van der Waals surface area contributed by atoms with E-state index >= 15 is 0 Å². The highest BCUT2D eigenvalue weighted by Gasteiger charge is 2.46. The number of hydrogen-bond donors (Lipinski definition) is 2. The number of sulfone groups is 1. The van der Waals surface area contributed by atoms with Crippen LogP contribution in [0.2, 0.25) is 0 Å². The average molecular weight is 556 g/mol. The van der Waals surface area contributed by atoms with E-state index in [-0.39, 0.29) is 40.6 Å². The number of aliphatic imine (C=N–C) groups is 1. The molecule has 1 aromatic carbocycles. The molecule has 2 fully saturated rings. The summed E-state index contributed by atoms with van der Waals surface area (Å²) in [5, 5.41) is 6.75. The molecule has 2 aliphatic rings. The largest absolute Gasteiger partial charge is 0.356 e. The summed E-state index contributed by atoms with van der Waals surface area (Å²) in [6.45, 7) is 1.48. The Labute approximate surface area is 181 Å². The Balaban J connectivity index is 0.00000243. The SMILES string of the molecule is CN=C(NCC1(CS(C)(=O)=O)CC1)NCC1(c2ccccc2Br)CC1.I. The molecule has 0 aliphatic heterocycles. The summed E-state index contributed by atoms with van der Waals surface area (Å²) in [6.07, 6.45) is 5.57. The fourth-order valence-corrected chi connectivity index (χ4v) is 5.64. The summed E-state index contributed by atoms with van der Waals surface area (Å²) in [6, 6.07) is 8.38. The van der Waals surface area contributed by atoms with Gasteiger partial charge in [0.15, 0.2) is 5.96 Å². The van der Waals surface area contributed by atoms with Gasteiger partial charge in [-0.25, -0.2) is 8.42 Å². The molecule has 0 heterocycles. The molecule has 0 amide bonds. The monoisotopic (exact) mass is 555 g/mol. The third-order valence-corrected chi connectivity index (χ3v) is 7.10. The standard InChI is InChI=1S/C18H26BrN3O2S.HI/c1-20-16(21-11-17(7-8-17)13-25(2,23)24)22-12-18(9-10-18)14-5-3-4-6-15(14)19;/h3-6H,7-13H2,1-2H3,(H2,20,21,22);1H. The van der Waals surface area contributed by atoms with Crippen LogP contribution in [0.25, 0.3) is 0 Å². The van der Waals surface area contributed by atoms with Crippen molar-refractivity contribution >= 4 is 55.7 Å². The van der Waals surface area contributed by atoms with E-state index in [1.807, 2.05) is 6.07 Å². The average Bonchev–Trinajstić information content (AvgIpc) is 3.45. The van der Waals surface area contributed by atoms with Crippen LogP contribution in [0.3, 0.4) is 0 Å². The van der Waals surface area contributed by atoms with Gasteiger partial charge in [-0.05, 0) is 37.3 Å². The summed E-state index contributed by atoms with van der Waals surface area (Å²) >= 11 is 3.66. The van der Waals surface area contributed by atoms with Gasteiger partial charge in [0.25, 0.3) is 0 Å². The molecule has 2 aliphatic carbocycles. The molecule has 146 valence electrons. The van der Waals surface area contributed by atoms with Gasteiger partial charge in [-0.2, -0.15) is 0 Å². The highest BCUT2D eigenvalue weighted by Crippen LogP contribution is 2.50. The lowest BCUT2D eigenvalue weighted by atomic mass is 9.96. The Morgan fingerprint density at radius 3 is 2.27 bits per heavy atom. The van der Waals surface area contributed by atoms with E-state index < -0.39 is 9.84 Å². The van der Waals surface area contributed by atoms with Crippen LogP contribution in [-0.2, 0) is 15.3 Å². The Morgan fingerprint density at radius 2 is 1.77 bits per heavy atom. The molecule has 8 heteroatoms. The summed E-state index contributed by atoms with van der Waals surface area (Å²) in [7, 11) is -1.19. The van der Waals surface area contributed by atoms with Gasteiger partial charge in [-0.3, -0.25) is 4.99 Å². The molecule has 0 atom stereocenters. The first-order valence-corrected chi connectivity index (χ1v) is 11.5. The molecule has 2 N–H and O–H groups in total. The van der Waals surface area contributed by atoms with Gasteiger partial charge in [0.1, 0.15) is 9.84 Å². The van der Waals surface area contributed by atoms with E-state index in [4.69, 9.17) is 0 Å². The first kappa shape index (κ1) is 21.9. The summed E-state index contributed by atoms with van der Waals surface area (Å²) in [4.78, 5) is 4.30. The van der Waals surface area contributed by atoms with Gasteiger partial charge >= 0.3 is 0 Å². The van der Waals surface area contributed by atoms with Crippen molar-refractivity contribution < 1.29 is 8.42 Å². The first-order chi connectivity index (χ1) is 11.8. The molecule has 3 rings (SSSR count). The first-order valence-electron chi connectivity index (χ1n) is 8.65. The molecule has 0 bridgehead atoms. The van der Waals surface area contributed by atoms with Gasteiger partial charge < -0.3 is 10.6 Å². The van der Waals surface area contributed by atoms with Crippen LogP contribution in [0.1, 0.15) is 31.2 Å². The number of guanidine groups is 1. The third-order valence-electron chi connectivity index (χ3n) is 5.27. The number of hydrogen-bond acceptors (Lipinski definition) is 3. The number of halogens is 2. The fraction of sp³-hybridized carbons (Fsp3) is 0.611. The predicted octanol–water partition coefficient (Wildman–Crippen LogP) is 3.09. The van der Waals surface area contributed by atoms with E-state index in [2.05, 4.69) is 49.8 Å². The maximum atomic E-state index is 11.6. The minimum absolute atomic E-state index is 0. The zero-order chi connectivity index (χ0) is 18.1. The van der Waals surface area contributed by atoms with Crippen LogP contribution in [0.5, 0.6) is 0 Å². The topological polar surface area (TPSA) is 70.6 Å². The number of benzene rings is 1. The van der Waals surface area contributed by atoms with Gasteiger partial charge in [-0.15, -0.1) is 24.0 Å².